The summed E-state index contributed by atoms with van der Waals surface area (Å²) in [6.45, 7) is 0. The van der Waals surface area contributed by atoms with Crippen LogP contribution in [0.25, 0.3) is 22.1 Å². The summed E-state index contributed by atoms with van der Waals surface area (Å²) in [7, 11) is 4.37. The van der Waals surface area contributed by atoms with Gasteiger partial charge in [0.05, 0.1) is 42.3 Å². The Bertz CT molecular complexity index is 1390. The van der Waals surface area contributed by atoms with Crippen molar-refractivity contribution in [1.82, 2.24) is 0 Å². The number of benzene rings is 3. The molecule has 0 aliphatic carbocycles. The van der Waals surface area contributed by atoms with Gasteiger partial charge in [0.15, 0.2) is 16.9 Å². The van der Waals surface area contributed by atoms with Gasteiger partial charge in [-0.3, -0.25) is 4.79 Å². The van der Waals surface area contributed by atoms with Crippen molar-refractivity contribution in [2.24, 2.45) is 0 Å². The Morgan fingerprint density at radius 2 is 1.64 bits per heavy atom. The number of rotatable bonds is 6. The van der Waals surface area contributed by atoms with E-state index in [2.05, 4.69) is 15.9 Å². The zero-order valence-electron chi connectivity index (χ0n) is 18.0. The summed E-state index contributed by atoms with van der Waals surface area (Å²) in [6.07, 6.45) is 1.40. The number of fused-ring (bicyclic) bond motifs is 1. The molecule has 0 N–H and O–H groups in total. The molecule has 0 aliphatic rings. The Balaban J connectivity index is 1.69. The van der Waals surface area contributed by atoms with Crippen LogP contribution in [0, 0.1) is 0 Å². The predicted molar refractivity (Wildman–Crippen MR) is 127 cm³/mol. The SMILES string of the molecule is COc1cc(C(=O)Oc2ccc3c(=O)c(-c4ccccc4)coc3c2)c(Br)c(OC)c1OC. The van der Waals surface area contributed by atoms with E-state index in [0.29, 0.717) is 38.3 Å². The van der Waals surface area contributed by atoms with Crippen molar-refractivity contribution >= 4 is 32.9 Å². The lowest BCUT2D eigenvalue weighted by Gasteiger charge is -2.16. The van der Waals surface area contributed by atoms with E-state index >= 15 is 0 Å². The Hall–Kier alpha value is -3.78. The van der Waals surface area contributed by atoms with Crippen LogP contribution in [0.4, 0.5) is 0 Å². The smallest absolute Gasteiger partial charge is 0.344 e. The van der Waals surface area contributed by atoms with Crippen molar-refractivity contribution in [2.75, 3.05) is 21.3 Å². The van der Waals surface area contributed by atoms with Gasteiger partial charge < -0.3 is 23.4 Å². The summed E-state index contributed by atoms with van der Waals surface area (Å²) in [6, 6.07) is 15.3. The highest BCUT2D eigenvalue weighted by atomic mass is 79.9. The second-order valence-electron chi connectivity index (χ2n) is 6.90. The average molecular weight is 511 g/mol. The third kappa shape index (κ3) is 4.17. The van der Waals surface area contributed by atoms with Crippen LogP contribution in [0.2, 0.25) is 0 Å². The van der Waals surface area contributed by atoms with Gasteiger partial charge in [0.25, 0.3) is 0 Å². The van der Waals surface area contributed by atoms with Gasteiger partial charge in [-0.25, -0.2) is 4.79 Å². The van der Waals surface area contributed by atoms with Crippen molar-refractivity contribution in [3.05, 3.63) is 81.1 Å². The Kier molecular flexibility index (Phi) is 6.37. The van der Waals surface area contributed by atoms with Crippen LogP contribution in [0.5, 0.6) is 23.0 Å². The van der Waals surface area contributed by atoms with Gasteiger partial charge in [-0.2, -0.15) is 0 Å². The fraction of sp³-hybridized carbons (Fsp3) is 0.120. The maximum absolute atomic E-state index is 12.9. The highest BCUT2D eigenvalue weighted by molar-refractivity contribution is 9.10. The maximum Gasteiger partial charge on any atom is 0.344 e. The standard InChI is InChI=1S/C25H19BrO7/c1-29-20-12-17(21(26)24(31-3)23(20)30-2)25(28)33-15-9-10-16-19(11-15)32-13-18(22(16)27)14-7-5-4-6-8-14/h4-13H,1-3H3. The zero-order valence-corrected chi connectivity index (χ0v) is 19.6. The molecule has 33 heavy (non-hydrogen) atoms. The van der Waals surface area contributed by atoms with Crippen LogP contribution in [0.1, 0.15) is 10.4 Å². The third-order valence-electron chi connectivity index (χ3n) is 5.03. The summed E-state index contributed by atoms with van der Waals surface area (Å²) < 4.78 is 27.6. The maximum atomic E-state index is 12.9. The highest BCUT2D eigenvalue weighted by Crippen LogP contribution is 2.45. The summed E-state index contributed by atoms with van der Waals surface area (Å²) in [5.41, 5.74) is 1.51. The van der Waals surface area contributed by atoms with Crippen LogP contribution in [0.3, 0.4) is 0 Å². The summed E-state index contributed by atoms with van der Waals surface area (Å²) >= 11 is 3.37. The molecule has 0 spiro atoms. The quantitative estimate of drug-likeness (QED) is 0.251. The Morgan fingerprint density at radius 1 is 0.909 bits per heavy atom. The molecule has 0 fully saturated rings. The molecule has 0 saturated heterocycles. The monoisotopic (exact) mass is 510 g/mol. The van der Waals surface area contributed by atoms with E-state index < -0.39 is 5.97 Å². The lowest BCUT2D eigenvalue weighted by Crippen LogP contribution is -2.11. The number of carbonyl (C=O) groups excluding carboxylic acids is 1. The molecule has 0 radical (unpaired) electrons. The van der Waals surface area contributed by atoms with Crippen LogP contribution in [0.15, 0.2) is 74.5 Å². The fourth-order valence-electron chi connectivity index (χ4n) is 3.42. The first-order chi connectivity index (χ1) is 16.0. The van der Waals surface area contributed by atoms with Gasteiger partial charge in [-0.05, 0) is 39.7 Å². The minimum Gasteiger partial charge on any atom is -0.493 e. The molecular weight excluding hydrogens is 492 g/mol. The number of ether oxygens (including phenoxy) is 4. The van der Waals surface area contributed by atoms with E-state index in [-0.39, 0.29) is 16.7 Å². The number of hydrogen-bond donors (Lipinski definition) is 0. The van der Waals surface area contributed by atoms with Gasteiger partial charge in [0, 0.05) is 6.07 Å². The normalized spacial score (nSPS) is 10.7. The van der Waals surface area contributed by atoms with E-state index in [0.717, 1.165) is 5.56 Å². The van der Waals surface area contributed by atoms with Crippen LogP contribution in [-0.2, 0) is 0 Å². The number of hydrogen-bond acceptors (Lipinski definition) is 7. The minimum absolute atomic E-state index is 0.172. The molecule has 3 aromatic carbocycles. The van der Waals surface area contributed by atoms with Gasteiger partial charge in [-0.1, -0.05) is 30.3 Å². The zero-order chi connectivity index (χ0) is 23.5. The van der Waals surface area contributed by atoms with Gasteiger partial charge in [0.1, 0.15) is 17.6 Å². The third-order valence-corrected chi connectivity index (χ3v) is 5.82. The molecule has 7 nitrogen and oxygen atoms in total. The Morgan fingerprint density at radius 3 is 2.30 bits per heavy atom. The lowest BCUT2D eigenvalue weighted by molar-refractivity contribution is 0.0733. The number of esters is 1. The molecule has 0 bridgehead atoms. The topological polar surface area (TPSA) is 84.2 Å². The van der Waals surface area contributed by atoms with E-state index in [9.17, 15) is 9.59 Å². The van der Waals surface area contributed by atoms with Crippen molar-refractivity contribution in [3.8, 4) is 34.1 Å². The van der Waals surface area contributed by atoms with E-state index in [4.69, 9.17) is 23.4 Å². The average Bonchev–Trinajstić information content (AvgIpc) is 2.84. The van der Waals surface area contributed by atoms with Gasteiger partial charge in [0.2, 0.25) is 5.75 Å². The van der Waals surface area contributed by atoms with E-state index in [1.165, 1.54) is 45.8 Å². The molecular formula is C25H19BrO7. The van der Waals surface area contributed by atoms with Gasteiger partial charge >= 0.3 is 5.97 Å². The molecule has 4 rings (SSSR count). The highest BCUT2D eigenvalue weighted by Gasteiger charge is 2.24. The van der Waals surface area contributed by atoms with Crippen LogP contribution in [-0.4, -0.2) is 27.3 Å². The largest absolute Gasteiger partial charge is 0.493 e. The van der Waals surface area contributed by atoms with Crippen LogP contribution >= 0.6 is 15.9 Å². The fourth-order valence-corrected chi connectivity index (χ4v) is 4.04. The first-order valence-electron chi connectivity index (χ1n) is 9.80. The van der Waals surface area contributed by atoms with Crippen molar-refractivity contribution < 1.29 is 28.2 Å². The number of methoxy groups -OCH3 is 3. The molecule has 0 saturated carbocycles. The summed E-state index contributed by atoms with van der Waals surface area (Å²) in [5.74, 6) is 0.488. The molecule has 0 amide bonds. The van der Waals surface area contributed by atoms with Crippen molar-refractivity contribution in [1.29, 1.82) is 0 Å². The van der Waals surface area contributed by atoms with Crippen molar-refractivity contribution in [3.63, 3.8) is 0 Å². The molecule has 1 heterocycles. The molecule has 168 valence electrons. The second kappa shape index (κ2) is 9.38. The second-order valence-corrected chi connectivity index (χ2v) is 7.69. The summed E-state index contributed by atoms with van der Waals surface area (Å²) in [4.78, 5) is 25.8. The molecule has 0 aliphatic heterocycles. The van der Waals surface area contributed by atoms with E-state index in [1.807, 2.05) is 30.3 Å². The Labute approximate surface area is 197 Å². The predicted octanol–water partition coefficient (Wildman–Crippen LogP) is 5.47. The molecule has 1 aromatic heterocycles. The summed E-state index contributed by atoms with van der Waals surface area (Å²) in [5, 5.41) is 0.380. The molecule has 0 atom stereocenters. The van der Waals surface area contributed by atoms with E-state index in [1.54, 1.807) is 6.07 Å². The number of halogens is 1. The molecule has 8 heteroatoms. The van der Waals surface area contributed by atoms with Gasteiger partial charge in [-0.15, -0.1) is 0 Å². The number of carbonyl (C=O) groups is 1. The minimum atomic E-state index is -0.663. The molecule has 0 unspecified atom stereocenters. The lowest BCUT2D eigenvalue weighted by atomic mass is 10.1. The first-order valence-corrected chi connectivity index (χ1v) is 10.6. The van der Waals surface area contributed by atoms with Crippen LogP contribution < -0.4 is 24.4 Å². The van der Waals surface area contributed by atoms with Crippen molar-refractivity contribution in [2.45, 2.75) is 0 Å². The molecule has 4 aromatic rings. The first kappa shape index (κ1) is 22.4.